The van der Waals surface area contributed by atoms with Crippen LogP contribution in [0.4, 0.5) is 0 Å². The molecule has 0 N–H and O–H groups in total. The van der Waals surface area contributed by atoms with E-state index >= 15 is 0 Å². The summed E-state index contributed by atoms with van der Waals surface area (Å²) in [6.07, 6.45) is 14.7. The van der Waals surface area contributed by atoms with Crippen LogP contribution in [0, 0.1) is 0 Å². The van der Waals surface area contributed by atoms with Gasteiger partial charge in [0.25, 0.3) is 0 Å². The summed E-state index contributed by atoms with van der Waals surface area (Å²) in [7, 11) is 2.14. The van der Waals surface area contributed by atoms with Gasteiger partial charge in [-0.1, -0.05) is 51.9 Å². The molecule has 1 nitrogen and oxygen atoms in total. The van der Waals surface area contributed by atoms with E-state index in [0.717, 1.165) is 0 Å². The van der Waals surface area contributed by atoms with Gasteiger partial charge in [-0.05, 0) is 25.0 Å². The SMILES string of the molecule is CCCCCCCCCCc1cccn1C. The molecule has 1 aromatic heterocycles. The summed E-state index contributed by atoms with van der Waals surface area (Å²) < 4.78 is 2.24. The Morgan fingerprint density at radius 3 is 2.12 bits per heavy atom. The minimum Gasteiger partial charge on any atom is -0.354 e. The van der Waals surface area contributed by atoms with Gasteiger partial charge in [0, 0.05) is 18.9 Å². The van der Waals surface area contributed by atoms with Crippen molar-refractivity contribution in [2.24, 2.45) is 7.05 Å². The van der Waals surface area contributed by atoms with E-state index in [2.05, 4.69) is 36.9 Å². The molecule has 0 amide bonds. The van der Waals surface area contributed by atoms with Crippen LogP contribution in [0.25, 0.3) is 0 Å². The van der Waals surface area contributed by atoms with Crippen LogP contribution in [0.2, 0.25) is 0 Å². The van der Waals surface area contributed by atoms with E-state index in [1.165, 1.54) is 63.5 Å². The fourth-order valence-corrected chi connectivity index (χ4v) is 2.20. The Hall–Kier alpha value is -0.720. The summed E-state index contributed by atoms with van der Waals surface area (Å²) in [5.74, 6) is 0. The predicted octanol–water partition coefficient (Wildman–Crippen LogP) is 4.71. The second-order valence-electron chi connectivity index (χ2n) is 4.84. The Morgan fingerprint density at radius 2 is 1.56 bits per heavy atom. The van der Waals surface area contributed by atoms with Crippen LogP contribution < -0.4 is 0 Å². The van der Waals surface area contributed by atoms with Crippen LogP contribution in [-0.2, 0) is 13.5 Å². The highest BCUT2D eigenvalue weighted by Gasteiger charge is 1.96. The summed E-state index contributed by atoms with van der Waals surface area (Å²) in [6.45, 7) is 2.28. The quantitative estimate of drug-likeness (QED) is 0.532. The molecule has 0 aliphatic rings. The second-order valence-corrected chi connectivity index (χ2v) is 4.84. The topological polar surface area (TPSA) is 4.93 Å². The molecule has 0 atom stereocenters. The molecule has 0 radical (unpaired) electrons. The van der Waals surface area contributed by atoms with Gasteiger partial charge in [0.1, 0.15) is 0 Å². The molecular weight excluding hydrogens is 194 g/mol. The molecule has 0 bridgehead atoms. The van der Waals surface area contributed by atoms with Crippen molar-refractivity contribution in [1.82, 2.24) is 4.57 Å². The van der Waals surface area contributed by atoms with E-state index in [4.69, 9.17) is 0 Å². The summed E-state index contributed by atoms with van der Waals surface area (Å²) in [5, 5.41) is 0. The van der Waals surface area contributed by atoms with E-state index in [1.54, 1.807) is 0 Å². The van der Waals surface area contributed by atoms with Crippen molar-refractivity contribution < 1.29 is 0 Å². The number of unbranched alkanes of at least 4 members (excludes halogenated alkanes) is 7. The zero-order chi connectivity index (χ0) is 11.6. The van der Waals surface area contributed by atoms with Gasteiger partial charge in [-0.3, -0.25) is 0 Å². The normalized spacial score (nSPS) is 10.9. The van der Waals surface area contributed by atoms with Crippen molar-refractivity contribution in [3.05, 3.63) is 24.0 Å². The molecule has 0 aromatic carbocycles. The number of aromatic nitrogens is 1. The van der Waals surface area contributed by atoms with E-state index in [1.807, 2.05) is 0 Å². The van der Waals surface area contributed by atoms with Crippen molar-refractivity contribution in [2.75, 3.05) is 0 Å². The Labute approximate surface area is 101 Å². The molecule has 0 aliphatic heterocycles. The molecular formula is C15H27N. The zero-order valence-electron chi connectivity index (χ0n) is 11.0. The fraction of sp³-hybridized carbons (Fsp3) is 0.733. The zero-order valence-corrected chi connectivity index (χ0v) is 11.0. The monoisotopic (exact) mass is 221 g/mol. The standard InChI is InChI=1S/C15H27N/c1-3-4-5-6-7-8-9-10-12-15-13-11-14-16(15)2/h11,13-14H,3-10,12H2,1-2H3. The van der Waals surface area contributed by atoms with Gasteiger partial charge in [0.05, 0.1) is 0 Å². The fourth-order valence-electron chi connectivity index (χ4n) is 2.20. The van der Waals surface area contributed by atoms with Crippen molar-refractivity contribution in [2.45, 2.75) is 64.7 Å². The smallest absolute Gasteiger partial charge is 0.0171 e. The summed E-state index contributed by atoms with van der Waals surface area (Å²) in [5.41, 5.74) is 1.48. The first-order valence-corrected chi connectivity index (χ1v) is 6.95. The van der Waals surface area contributed by atoms with Crippen LogP contribution >= 0.6 is 0 Å². The number of aryl methyl sites for hydroxylation is 2. The van der Waals surface area contributed by atoms with Crippen molar-refractivity contribution in [3.8, 4) is 0 Å². The Kier molecular flexibility index (Phi) is 7.03. The first-order chi connectivity index (χ1) is 7.84. The van der Waals surface area contributed by atoms with E-state index in [-0.39, 0.29) is 0 Å². The minimum absolute atomic E-state index is 1.25. The van der Waals surface area contributed by atoms with E-state index in [9.17, 15) is 0 Å². The number of hydrogen-bond donors (Lipinski definition) is 0. The third-order valence-electron chi connectivity index (χ3n) is 3.34. The molecule has 0 unspecified atom stereocenters. The first kappa shape index (κ1) is 13.3. The maximum Gasteiger partial charge on any atom is 0.0171 e. The lowest BCUT2D eigenvalue weighted by Crippen LogP contribution is -1.94. The molecule has 1 aromatic rings. The molecule has 1 rings (SSSR count). The van der Waals surface area contributed by atoms with Crippen LogP contribution in [0.3, 0.4) is 0 Å². The Balaban J connectivity index is 1.91. The molecule has 1 heterocycles. The van der Waals surface area contributed by atoms with Crippen molar-refractivity contribution >= 4 is 0 Å². The average molecular weight is 221 g/mol. The lowest BCUT2D eigenvalue weighted by molar-refractivity contribution is 0.571. The first-order valence-electron chi connectivity index (χ1n) is 6.95. The van der Waals surface area contributed by atoms with Gasteiger partial charge in [-0.15, -0.1) is 0 Å². The van der Waals surface area contributed by atoms with Crippen LogP contribution in [0.5, 0.6) is 0 Å². The number of nitrogens with zero attached hydrogens (tertiary/aromatic N) is 1. The van der Waals surface area contributed by atoms with Gasteiger partial charge in [-0.25, -0.2) is 0 Å². The highest BCUT2D eigenvalue weighted by atomic mass is 14.9. The number of hydrogen-bond acceptors (Lipinski definition) is 0. The maximum absolute atomic E-state index is 2.28. The molecule has 16 heavy (non-hydrogen) atoms. The average Bonchev–Trinajstić information content (AvgIpc) is 2.68. The van der Waals surface area contributed by atoms with Gasteiger partial charge in [0.2, 0.25) is 0 Å². The molecule has 1 heteroatoms. The van der Waals surface area contributed by atoms with Gasteiger partial charge in [-0.2, -0.15) is 0 Å². The molecule has 92 valence electrons. The van der Waals surface area contributed by atoms with E-state index < -0.39 is 0 Å². The van der Waals surface area contributed by atoms with Crippen molar-refractivity contribution in [3.63, 3.8) is 0 Å². The lowest BCUT2D eigenvalue weighted by Gasteiger charge is -2.03. The molecule has 0 saturated carbocycles. The summed E-state index contributed by atoms with van der Waals surface area (Å²) >= 11 is 0. The maximum atomic E-state index is 2.28. The lowest BCUT2D eigenvalue weighted by atomic mass is 10.1. The van der Waals surface area contributed by atoms with Crippen LogP contribution in [-0.4, -0.2) is 4.57 Å². The summed E-state index contributed by atoms with van der Waals surface area (Å²) in [6, 6.07) is 4.38. The van der Waals surface area contributed by atoms with Gasteiger partial charge >= 0.3 is 0 Å². The predicted molar refractivity (Wildman–Crippen MR) is 71.7 cm³/mol. The van der Waals surface area contributed by atoms with E-state index in [0.29, 0.717) is 0 Å². The highest BCUT2D eigenvalue weighted by molar-refractivity contribution is 5.06. The largest absolute Gasteiger partial charge is 0.354 e. The second kappa shape index (κ2) is 8.43. The minimum atomic E-state index is 1.25. The third-order valence-corrected chi connectivity index (χ3v) is 3.34. The molecule has 0 aliphatic carbocycles. The van der Waals surface area contributed by atoms with Gasteiger partial charge < -0.3 is 4.57 Å². The van der Waals surface area contributed by atoms with Crippen LogP contribution in [0.15, 0.2) is 18.3 Å². The van der Waals surface area contributed by atoms with Crippen molar-refractivity contribution in [1.29, 1.82) is 0 Å². The van der Waals surface area contributed by atoms with Gasteiger partial charge in [0.15, 0.2) is 0 Å². The molecule has 0 spiro atoms. The molecule has 0 saturated heterocycles. The molecule has 0 fully saturated rings. The Bertz CT molecular complexity index is 262. The third kappa shape index (κ3) is 5.39. The summed E-state index contributed by atoms with van der Waals surface area (Å²) in [4.78, 5) is 0. The highest BCUT2D eigenvalue weighted by Crippen LogP contribution is 2.11. The number of rotatable bonds is 9. The van der Waals surface area contributed by atoms with Crippen LogP contribution in [0.1, 0.15) is 64.0 Å². The Morgan fingerprint density at radius 1 is 0.938 bits per heavy atom.